The second-order valence-corrected chi connectivity index (χ2v) is 5.26. The van der Waals surface area contributed by atoms with Crippen LogP contribution in [0.25, 0.3) is 10.1 Å². The number of fused-ring (bicyclic) bond motifs is 2. The molecular formula is C13H14ClNO2S. The third-order valence-corrected chi connectivity index (χ3v) is 4.38. The predicted octanol–water partition coefficient (Wildman–Crippen LogP) is 2.34. The van der Waals surface area contributed by atoms with Crippen LogP contribution in [0.5, 0.6) is 5.75 Å². The van der Waals surface area contributed by atoms with Crippen LogP contribution in [0.1, 0.15) is 10.4 Å². The van der Waals surface area contributed by atoms with E-state index in [1.807, 2.05) is 18.2 Å². The number of hydrogen-bond donors (Lipinski definition) is 1. The summed E-state index contributed by atoms with van der Waals surface area (Å²) in [5, 5.41) is 4.03. The number of nitrogens with one attached hydrogen (secondary N) is 1. The number of hydrogen-bond acceptors (Lipinski definition) is 4. The Hall–Kier alpha value is -1.10. The molecule has 0 radical (unpaired) electrons. The molecule has 0 spiro atoms. The molecule has 0 atom stereocenters. The summed E-state index contributed by atoms with van der Waals surface area (Å²) in [6.07, 6.45) is 0.956. The molecule has 0 fully saturated rings. The zero-order chi connectivity index (χ0) is 11.8. The highest BCUT2D eigenvalue weighted by Crippen LogP contribution is 2.26. The maximum atomic E-state index is 12.4. The van der Waals surface area contributed by atoms with Crippen LogP contribution in [-0.4, -0.2) is 13.7 Å². The van der Waals surface area contributed by atoms with Crippen LogP contribution < -0.4 is 15.5 Å². The second-order valence-electron chi connectivity index (χ2n) is 4.12. The van der Waals surface area contributed by atoms with E-state index in [4.69, 9.17) is 4.74 Å². The lowest BCUT2D eigenvalue weighted by Gasteiger charge is -2.16. The molecule has 0 unspecified atom stereocenters. The first-order valence-corrected chi connectivity index (χ1v) is 6.44. The van der Waals surface area contributed by atoms with Gasteiger partial charge in [-0.05, 0) is 24.6 Å². The van der Waals surface area contributed by atoms with Gasteiger partial charge in [-0.2, -0.15) is 0 Å². The summed E-state index contributed by atoms with van der Waals surface area (Å²) in [6, 6.07) is 5.72. The molecule has 0 saturated heterocycles. The van der Waals surface area contributed by atoms with Gasteiger partial charge in [0.05, 0.1) is 7.11 Å². The number of ether oxygens (including phenoxy) is 1. The largest absolute Gasteiger partial charge is 0.497 e. The minimum absolute atomic E-state index is 0. The molecule has 96 valence electrons. The van der Waals surface area contributed by atoms with E-state index in [2.05, 4.69) is 5.32 Å². The smallest absolute Gasteiger partial charge is 0.192 e. The molecule has 1 aromatic heterocycles. The maximum Gasteiger partial charge on any atom is 0.192 e. The minimum Gasteiger partial charge on any atom is -0.497 e. The maximum absolute atomic E-state index is 12.4. The van der Waals surface area contributed by atoms with Gasteiger partial charge in [0.15, 0.2) is 5.43 Å². The zero-order valence-electron chi connectivity index (χ0n) is 9.99. The number of methoxy groups -OCH3 is 1. The summed E-state index contributed by atoms with van der Waals surface area (Å²) in [4.78, 5) is 13.6. The fraction of sp³-hybridized carbons (Fsp3) is 0.308. The lowest BCUT2D eigenvalue weighted by molar-refractivity contribution is 0.415. The Morgan fingerprint density at radius 3 is 3.00 bits per heavy atom. The van der Waals surface area contributed by atoms with Crippen LogP contribution in [0.3, 0.4) is 0 Å². The third kappa shape index (κ3) is 2.11. The summed E-state index contributed by atoms with van der Waals surface area (Å²) in [5.41, 5.74) is 1.09. The molecule has 0 amide bonds. The van der Waals surface area contributed by atoms with Crippen LogP contribution in [0.15, 0.2) is 23.0 Å². The first-order valence-electron chi connectivity index (χ1n) is 5.63. The van der Waals surface area contributed by atoms with Gasteiger partial charge in [-0.3, -0.25) is 4.79 Å². The highest BCUT2D eigenvalue weighted by Gasteiger charge is 2.15. The molecule has 1 aromatic carbocycles. The Morgan fingerprint density at radius 1 is 1.39 bits per heavy atom. The Bertz CT molecular complexity index is 639. The monoisotopic (exact) mass is 283 g/mol. The average Bonchev–Trinajstić information content (AvgIpc) is 2.39. The van der Waals surface area contributed by atoms with E-state index in [1.165, 1.54) is 4.88 Å². The number of halogens is 1. The van der Waals surface area contributed by atoms with Crippen LogP contribution in [-0.2, 0) is 13.0 Å². The molecule has 0 saturated carbocycles. The Morgan fingerprint density at radius 2 is 2.22 bits per heavy atom. The van der Waals surface area contributed by atoms with Crippen molar-refractivity contribution in [3.05, 3.63) is 38.9 Å². The fourth-order valence-corrected chi connectivity index (χ4v) is 3.34. The number of rotatable bonds is 1. The molecule has 3 nitrogen and oxygen atoms in total. The van der Waals surface area contributed by atoms with Crippen LogP contribution in [0, 0.1) is 0 Å². The third-order valence-electron chi connectivity index (χ3n) is 3.11. The molecule has 2 heterocycles. The summed E-state index contributed by atoms with van der Waals surface area (Å²) in [5.74, 6) is 0.741. The van der Waals surface area contributed by atoms with Gasteiger partial charge >= 0.3 is 0 Å². The van der Waals surface area contributed by atoms with Crippen LogP contribution in [0.4, 0.5) is 0 Å². The van der Waals surface area contributed by atoms with Crippen molar-refractivity contribution in [1.82, 2.24) is 5.32 Å². The highest BCUT2D eigenvalue weighted by atomic mass is 35.5. The van der Waals surface area contributed by atoms with Crippen molar-refractivity contribution in [1.29, 1.82) is 0 Å². The minimum atomic E-state index is 0. The van der Waals surface area contributed by atoms with Gasteiger partial charge in [0, 0.05) is 33.6 Å². The van der Waals surface area contributed by atoms with E-state index < -0.39 is 0 Å². The topological polar surface area (TPSA) is 38.3 Å². The first-order chi connectivity index (χ1) is 8.29. The zero-order valence-corrected chi connectivity index (χ0v) is 11.6. The van der Waals surface area contributed by atoms with Crippen LogP contribution >= 0.6 is 23.7 Å². The summed E-state index contributed by atoms with van der Waals surface area (Å²) in [7, 11) is 1.62. The van der Waals surface area contributed by atoms with Crippen molar-refractivity contribution in [2.24, 2.45) is 0 Å². The quantitative estimate of drug-likeness (QED) is 0.873. The molecule has 0 bridgehead atoms. The number of benzene rings is 1. The van der Waals surface area contributed by atoms with Gasteiger partial charge in [0.1, 0.15) is 5.75 Å². The summed E-state index contributed by atoms with van der Waals surface area (Å²) < 4.78 is 6.22. The highest BCUT2D eigenvalue weighted by molar-refractivity contribution is 7.18. The van der Waals surface area contributed by atoms with E-state index in [9.17, 15) is 4.79 Å². The molecule has 1 aliphatic rings. The molecule has 1 N–H and O–H groups in total. The van der Waals surface area contributed by atoms with Crippen molar-refractivity contribution in [2.45, 2.75) is 13.0 Å². The van der Waals surface area contributed by atoms with Crippen molar-refractivity contribution in [2.75, 3.05) is 13.7 Å². The van der Waals surface area contributed by atoms with Gasteiger partial charge in [0.25, 0.3) is 0 Å². The fourth-order valence-electron chi connectivity index (χ4n) is 2.18. The van der Waals surface area contributed by atoms with Gasteiger partial charge in [-0.1, -0.05) is 0 Å². The SMILES string of the molecule is COc1ccc2sc3c(c(=O)c2c1)CNCC3.Cl. The summed E-state index contributed by atoms with van der Waals surface area (Å²) in [6.45, 7) is 1.66. The van der Waals surface area contributed by atoms with Gasteiger partial charge in [-0.25, -0.2) is 0 Å². The Kier molecular flexibility index (Phi) is 3.90. The Labute approximate surface area is 115 Å². The predicted molar refractivity (Wildman–Crippen MR) is 77.3 cm³/mol. The molecule has 1 aliphatic heterocycles. The molecule has 0 aliphatic carbocycles. The van der Waals surface area contributed by atoms with Crippen molar-refractivity contribution >= 4 is 33.8 Å². The first kappa shape index (κ1) is 13.3. The Balaban J connectivity index is 0.00000120. The lowest BCUT2D eigenvalue weighted by Crippen LogP contribution is -2.28. The van der Waals surface area contributed by atoms with E-state index in [0.29, 0.717) is 6.54 Å². The van der Waals surface area contributed by atoms with Crippen LogP contribution in [0.2, 0.25) is 0 Å². The van der Waals surface area contributed by atoms with Crippen molar-refractivity contribution in [3.63, 3.8) is 0 Å². The van der Waals surface area contributed by atoms with Gasteiger partial charge in [0.2, 0.25) is 0 Å². The molecule has 5 heteroatoms. The van der Waals surface area contributed by atoms with Crippen molar-refractivity contribution < 1.29 is 4.74 Å². The molecule has 3 rings (SSSR count). The second kappa shape index (κ2) is 5.26. The van der Waals surface area contributed by atoms with Gasteiger partial charge in [-0.15, -0.1) is 23.7 Å². The van der Waals surface area contributed by atoms with E-state index >= 15 is 0 Å². The van der Waals surface area contributed by atoms with E-state index in [-0.39, 0.29) is 17.8 Å². The molecule has 18 heavy (non-hydrogen) atoms. The van der Waals surface area contributed by atoms with E-state index in [1.54, 1.807) is 18.4 Å². The normalized spacial score (nSPS) is 13.8. The standard InChI is InChI=1S/C13H13NO2S.ClH/c1-16-8-2-3-11-9(6-8)13(15)10-7-14-5-4-12(10)17-11;/h2-3,6,14H,4-5,7H2,1H3;1H. The summed E-state index contributed by atoms with van der Waals surface area (Å²) >= 11 is 1.73. The molecular weight excluding hydrogens is 270 g/mol. The molecule has 2 aromatic rings. The van der Waals surface area contributed by atoms with Crippen molar-refractivity contribution in [3.8, 4) is 5.75 Å². The average molecular weight is 284 g/mol. The van der Waals surface area contributed by atoms with Gasteiger partial charge < -0.3 is 10.1 Å². The lowest BCUT2D eigenvalue weighted by atomic mass is 10.1. The van der Waals surface area contributed by atoms with E-state index in [0.717, 1.165) is 34.4 Å².